The summed E-state index contributed by atoms with van der Waals surface area (Å²) in [5.41, 5.74) is 0.994. The standard InChI is InChI=1S/C15H23FN2/c1-18(15-5-3-2-4-6-15)12-11-17-14-9-7-13(16)8-10-14/h7-10,15,17H,2-6,11-12H2,1H3. The lowest BCUT2D eigenvalue weighted by atomic mass is 9.94. The molecule has 1 aliphatic carbocycles. The third-order valence-electron chi connectivity index (χ3n) is 3.84. The first-order valence-electron chi connectivity index (χ1n) is 6.95. The molecule has 2 nitrogen and oxygen atoms in total. The molecule has 1 aliphatic rings. The SMILES string of the molecule is CN(CCNc1ccc(F)cc1)C1CCCCC1. The van der Waals surface area contributed by atoms with Gasteiger partial charge >= 0.3 is 0 Å². The van der Waals surface area contributed by atoms with Crippen molar-refractivity contribution in [3.05, 3.63) is 30.1 Å². The van der Waals surface area contributed by atoms with Crippen LogP contribution in [0.2, 0.25) is 0 Å². The molecule has 3 heteroatoms. The lowest BCUT2D eigenvalue weighted by Gasteiger charge is -2.31. The molecule has 0 unspecified atom stereocenters. The van der Waals surface area contributed by atoms with Crippen LogP contribution in [-0.2, 0) is 0 Å². The van der Waals surface area contributed by atoms with Crippen molar-refractivity contribution in [2.75, 3.05) is 25.5 Å². The van der Waals surface area contributed by atoms with E-state index in [9.17, 15) is 4.39 Å². The molecule has 0 atom stereocenters. The predicted octanol–water partition coefficient (Wildman–Crippen LogP) is 3.50. The van der Waals surface area contributed by atoms with Crippen molar-refractivity contribution < 1.29 is 4.39 Å². The van der Waals surface area contributed by atoms with Crippen molar-refractivity contribution in [1.29, 1.82) is 0 Å². The minimum absolute atomic E-state index is 0.181. The van der Waals surface area contributed by atoms with E-state index in [2.05, 4.69) is 17.3 Å². The summed E-state index contributed by atoms with van der Waals surface area (Å²) in [5, 5.41) is 3.33. The van der Waals surface area contributed by atoms with Gasteiger partial charge in [0.25, 0.3) is 0 Å². The fraction of sp³-hybridized carbons (Fsp3) is 0.600. The molecule has 0 radical (unpaired) electrons. The van der Waals surface area contributed by atoms with E-state index in [0.29, 0.717) is 0 Å². The highest BCUT2D eigenvalue weighted by atomic mass is 19.1. The summed E-state index contributed by atoms with van der Waals surface area (Å²) in [6.45, 7) is 1.96. The number of halogens is 1. The van der Waals surface area contributed by atoms with E-state index < -0.39 is 0 Å². The van der Waals surface area contributed by atoms with Gasteiger partial charge in [-0.3, -0.25) is 0 Å². The molecule has 1 aromatic carbocycles. The first kappa shape index (κ1) is 13.3. The van der Waals surface area contributed by atoms with Crippen molar-refractivity contribution in [1.82, 2.24) is 4.90 Å². The molecule has 0 amide bonds. The predicted molar refractivity (Wildman–Crippen MR) is 74.4 cm³/mol. The molecular formula is C15H23FN2. The molecule has 2 rings (SSSR count). The summed E-state index contributed by atoms with van der Waals surface area (Å²) in [6.07, 6.45) is 6.83. The fourth-order valence-electron chi connectivity index (χ4n) is 2.65. The van der Waals surface area contributed by atoms with Crippen LogP contribution in [0.3, 0.4) is 0 Å². The van der Waals surface area contributed by atoms with E-state index >= 15 is 0 Å². The van der Waals surface area contributed by atoms with E-state index in [0.717, 1.165) is 24.8 Å². The Hall–Kier alpha value is -1.09. The summed E-state index contributed by atoms with van der Waals surface area (Å²) in [4.78, 5) is 2.45. The van der Waals surface area contributed by atoms with E-state index in [4.69, 9.17) is 0 Å². The van der Waals surface area contributed by atoms with E-state index in [1.165, 1.54) is 44.2 Å². The molecule has 0 aromatic heterocycles. The van der Waals surface area contributed by atoms with Crippen LogP contribution in [0.4, 0.5) is 10.1 Å². The summed E-state index contributed by atoms with van der Waals surface area (Å²) < 4.78 is 12.7. The summed E-state index contributed by atoms with van der Waals surface area (Å²) in [7, 11) is 2.21. The summed E-state index contributed by atoms with van der Waals surface area (Å²) >= 11 is 0. The lowest BCUT2D eigenvalue weighted by Crippen LogP contribution is -2.36. The Kier molecular flexibility index (Phi) is 5.00. The molecule has 1 saturated carbocycles. The number of likely N-dealkylation sites (N-methyl/N-ethyl adjacent to an activating group) is 1. The van der Waals surface area contributed by atoms with Crippen LogP contribution < -0.4 is 5.32 Å². The van der Waals surface area contributed by atoms with E-state index in [1.54, 1.807) is 12.1 Å². The van der Waals surface area contributed by atoms with Crippen molar-refractivity contribution in [2.24, 2.45) is 0 Å². The largest absolute Gasteiger partial charge is 0.384 e. The monoisotopic (exact) mass is 250 g/mol. The van der Waals surface area contributed by atoms with Gasteiger partial charge < -0.3 is 10.2 Å². The van der Waals surface area contributed by atoms with Crippen LogP contribution in [0.15, 0.2) is 24.3 Å². The van der Waals surface area contributed by atoms with Gasteiger partial charge in [-0.15, -0.1) is 0 Å². The van der Waals surface area contributed by atoms with Gasteiger partial charge in [-0.05, 0) is 44.2 Å². The smallest absolute Gasteiger partial charge is 0.123 e. The van der Waals surface area contributed by atoms with Crippen LogP contribution in [0.5, 0.6) is 0 Å². The normalized spacial score (nSPS) is 17.1. The minimum Gasteiger partial charge on any atom is -0.384 e. The number of nitrogens with one attached hydrogen (secondary N) is 1. The van der Waals surface area contributed by atoms with Crippen molar-refractivity contribution in [3.63, 3.8) is 0 Å². The number of rotatable bonds is 5. The third kappa shape index (κ3) is 3.98. The number of hydrogen-bond donors (Lipinski definition) is 1. The van der Waals surface area contributed by atoms with Gasteiger partial charge in [0, 0.05) is 24.8 Å². The first-order valence-corrected chi connectivity index (χ1v) is 6.95. The van der Waals surface area contributed by atoms with Crippen molar-refractivity contribution >= 4 is 5.69 Å². The Morgan fingerprint density at radius 3 is 2.50 bits per heavy atom. The Bertz CT molecular complexity index is 344. The lowest BCUT2D eigenvalue weighted by molar-refractivity contribution is 0.198. The quantitative estimate of drug-likeness (QED) is 0.860. The van der Waals surface area contributed by atoms with Gasteiger partial charge in [-0.1, -0.05) is 19.3 Å². The van der Waals surface area contributed by atoms with Gasteiger partial charge in [-0.2, -0.15) is 0 Å². The van der Waals surface area contributed by atoms with Gasteiger partial charge in [0.15, 0.2) is 0 Å². The molecule has 0 bridgehead atoms. The van der Waals surface area contributed by atoms with E-state index in [-0.39, 0.29) is 5.82 Å². The minimum atomic E-state index is -0.181. The molecule has 0 heterocycles. The zero-order chi connectivity index (χ0) is 12.8. The fourth-order valence-corrected chi connectivity index (χ4v) is 2.65. The number of benzene rings is 1. The molecule has 0 saturated heterocycles. The number of anilines is 1. The van der Waals surface area contributed by atoms with Crippen LogP contribution in [0.25, 0.3) is 0 Å². The number of hydrogen-bond acceptors (Lipinski definition) is 2. The zero-order valence-electron chi connectivity index (χ0n) is 11.2. The molecule has 1 fully saturated rings. The second-order valence-corrected chi connectivity index (χ2v) is 5.21. The highest BCUT2D eigenvalue weighted by Gasteiger charge is 2.17. The maximum Gasteiger partial charge on any atom is 0.123 e. The second kappa shape index (κ2) is 6.74. The Morgan fingerprint density at radius 1 is 1.17 bits per heavy atom. The number of nitrogens with zero attached hydrogens (tertiary/aromatic N) is 1. The molecule has 18 heavy (non-hydrogen) atoms. The molecule has 0 aliphatic heterocycles. The maximum atomic E-state index is 12.7. The van der Waals surface area contributed by atoms with Crippen molar-refractivity contribution in [2.45, 2.75) is 38.1 Å². The van der Waals surface area contributed by atoms with Gasteiger partial charge in [-0.25, -0.2) is 4.39 Å². The van der Waals surface area contributed by atoms with E-state index in [1.807, 2.05) is 0 Å². The van der Waals surface area contributed by atoms with Gasteiger partial charge in [0.05, 0.1) is 0 Å². The molecule has 1 aromatic rings. The van der Waals surface area contributed by atoms with Crippen LogP contribution >= 0.6 is 0 Å². The Labute approximate surface area is 109 Å². The second-order valence-electron chi connectivity index (χ2n) is 5.21. The van der Waals surface area contributed by atoms with Crippen LogP contribution in [-0.4, -0.2) is 31.1 Å². The van der Waals surface area contributed by atoms with Crippen LogP contribution in [0.1, 0.15) is 32.1 Å². The summed E-state index contributed by atoms with van der Waals surface area (Å²) in [5.74, 6) is -0.181. The first-order chi connectivity index (χ1) is 8.75. The zero-order valence-corrected chi connectivity index (χ0v) is 11.2. The van der Waals surface area contributed by atoms with Crippen LogP contribution in [0, 0.1) is 5.82 Å². The topological polar surface area (TPSA) is 15.3 Å². The highest BCUT2D eigenvalue weighted by molar-refractivity contribution is 5.42. The van der Waals surface area contributed by atoms with Crippen molar-refractivity contribution in [3.8, 4) is 0 Å². The highest BCUT2D eigenvalue weighted by Crippen LogP contribution is 2.21. The molecule has 100 valence electrons. The molecule has 0 spiro atoms. The average Bonchev–Trinajstić information content (AvgIpc) is 2.42. The van der Waals surface area contributed by atoms with Gasteiger partial charge in [0.2, 0.25) is 0 Å². The third-order valence-corrected chi connectivity index (χ3v) is 3.84. The Morgan fingerprint density at radius 2 is 1.83 bits per heavy atom. The average molecular weight is 250 g/mol. The molecule has 1 N–H and O–H groups in total. The summed E-state index contributed by atoms with van der Waals surface area (Å²) in [6, 6.07) is 7.32. The maximum absolute atomic E-state index is 12.7. The Balaban J connectivity index is 1.69. The molecular weight excluding hydrogens is 227 g/mol. The van der Waals surface area contributed by atoms with Gasteiger partial charge in [0.1, 0.15) is 5.82 Å².